The average Bonchev–Trinajstić information content (AvgIpc) is 3.26. The van der Waals surface area contributed by atoms with E-state index < -0.39 is 10.0 Å². The van der Waals surface area contributed by atoms with Crippen LogP contribution in [0.25, 0.3) is 0 Å². The van der Waals surface area contributed by atoms with E-state index in [-0.39, 0.29) is 16.5 Å². The summed E-state index contributed by atoms with van der Waals surface area (Å²) in [6.45, 7) is 12.0. The van der Waals surface area contributed by atoms with Gasteiger partial charge in [-0.05, 0) is 56.7 Å². The molecule has 0 unspecified atom stereocenters. The minimum atomic E-state index is -3.88. The zero-order chi connectivity index (χ0) is 23.8. The molecule has 0 N–H and O–H groups in total. The standard InChI is InChI=1S/C24H35N5O3S/c1-5-28-17-21(24(30)27-11-7-8-18(2)16-27)23(25-28)33(31,32)29-14-12-26(13-15-29)22-10-6-9-19(3)20(22)4/h6,9-10,17-18H,5,7-8,11-16H2,1-4H3/t18-/m0/s1. The molecular weight excluding hydrogens is 438 g/mol. The van der Waals surface area contributed by atoms with E-state index in [9.17, 15) is 13.2 Å². The summed E-state index contributed by atoms with van der Waals surface area (Å²) in [5.74, 6) is 0.191. The fraction of sp³-hybridized carbons (Fsp3) is 0.583. The summed E-state index contributed by atoms with van der Waals surface area (Å²) in [5, 5.41) is 4.24. The average molecular weight is 474 g/mol. The van der Waals surface area contributed by atoms with Crippen LogP contribution in [-0.4, -0.2) is 72.6 Å². The number of piperazine rings is 1. The predicted molar refractivity (Wildman–Crippen MR) is 129 cm³/mol. The van der Waals surface area contributed by atoms with Crippen molar-refractivity contribution >= 4 is 21.6 Å². The third-order valence-electron chi connectivity index (χ3n) is 6.97. The van der Waals surface area contributed by atoms with Gasteiger partial charge in [-0.15, -0.1) is 0 Å². The first kappa shape index (κ1) is 23.8. The molecule has 2 aliphatic rings. The van der Waals surface area contributed by atoms with Gasteiger partial charge in [-0.2, -0.15) is 9.40 Å². The molecule has 1 aromatic heterocycles. The molecule has 33 heavy (non-hydrogen) atoms. The van der Waals surface area contributed by atoms with Crippen LogP contribution in [0.1, 0.15) is 48.2 Å². The molecule has 4 rings (SSSR count). The number of aryl methyl sites for hydroxylation is 2. The maximum absolute atomic E-state index is 13.6. The van der Waals surface area contributed by atoms with E-state index in [2.05, 4.69) is 42.9 Å². The molecule has 3 heterocycles. The molecule has 8 nitrogen and oxygen atoms in total. The SMILES string of the molecule is CCn1cc(C(=O)N2CCC[C@H](C)C2)c(S(=O)(=O)N2CCN(c3cccc(C)c3C)CC2)n1. The summed E-state index contributed by atoms with van der Waals surface area (Å²) in [5.41, 5.74) is 3.79. The second-order valence-corrected chi connectivity index (χ2v) is 11.2. The van der Waals surface area contributed by atoms with Crippen LogP contribution < -0.4 is 4.90 Å². The van der Waals surface area contributed by atoms with Gasteiger partial charge in [0.15, 0.2) is 0 Å². The number of piperidine rings is 1. The van der Waals surface area contributed by atoms with Gasteiger partial charge in [0.1, 0.15) is 0 Å². The smallest absolute Gasteiger partial charge is 0.263 e. The Morgan fingerprint density at radius 2 is 1.85 bits per heavy atom. The minimum absolute atomic E-state index is 0.104. The highest BCUT2D eigenvalue weighted by Gasteiger charge is 2.36. The zero-order valence-corrected chi connectivity index (χ0v) is 20.9. The topological polar surface area (TPSA) is 78.8 Å². The largest absolute Gasteiger partial charge is 0.369 e. The van der Waals surface area contributed by atoms with Crippen LogP contribution in [0.2, 0.25) is 0 Å². The fourth-order valence-corrected chi connectivity index (χ4v) is 6.33. The lowest BCUT2D eigenvalue weighted by molar-refractivity contribution is 0.0679. The van der Waals surface area contributed by atoms with Crippen molar-refractivity contribution in [1.29, 1.82) is 0 Å². The predicted octanol–water partition coefficient (Wildman–Crippen LogP) is 2.90. The van der Waals surface area contributed by atoms with Crippen LogP contribution in [0.5, 0.6) is 0 Å². The van der Waals surface area contributed by atoms with E-state index >= 15 is 0 Å². The molecule has 180 valence electrons. The number of nitrogens with zero attached hydrogens (tertiary/aromatic N) is 5. The molecule has 0 bridgehead atoms. The molecule has 1 atom stereocenters. The second kappa shape index (κ2) is 9.46. The summed E-state index contributed by atoms with van der Waals surface area (Å²) in [4.78, 5) is 17.3. The summed E-state index contributed by atoms with van der Waals surface area (Å²) < 4.78 is 30.3. The number of carbonyl (C=O) groups is 1. The zero-order valence-electron chi connectivity index (χ0n) is 20.1. The number of amides is 1. The molecular formula is C24H35N5O3S. The van der Waals surface area contributed by atoms with E-state index in [1.54, 1.807) is 15.8 Å². The normalized spacial score (nSPS) is 20.3. The Labute approximate surface area is 197 Å². The quantitative estimate of drug-likeness (QED) is 0.667. The first-order valence-electron chi connectivity index (χ1n) is 11.9. The van der Waals surface area contributed by atoms with Crippen molar-refractivity contribution in [2.75, 3.05) is 44.2 Å². The van der Waals surface area contributed by atoms with E-state index in [0.29, 0.717) is 51.7 Å². The number of anilines is 1. The number of carbonyl (C=O) groups excluding carboxylic acids is 1. The number of hydrogen-bond acceptors (Lipinski definition) is 5. The first-order chi connectivity index (χ1) is 15.7. The molecule has 1 amide bonds. The van der Waals surface area contributed by atoms with Gasteiger partial charge in [-0.1, -0.05) is 19.1 Å². The Morgan fingerprint density at radius 3 is 2.52 bits per heavy atom. The van der Waals surface area contributed by atoms with Gasteiger partial charge in [0.05, 0.1) is 5.56 Å². The molecule has 2 fully saturated rings. The highest BCUT2D eigenvalue weighted by molar-refractivity contribution is 7.89. The van der Waals surface area contributed by atoms with Crippen molar-refractivity contribution in [3.63, 3.8) is 0 Å². The van der Waals surface area contributed by atoms with E-state index in [1.165, 1.54) is 15.4 Å². The Hall–Kier alpha value is -2.39. The molecule has 0 aliphatic carbocycles. The monoisotopic (exact) mass is 473 g/mol. The molecule has 9 heteroatoms. The van der Waals surface area contributed by atoms with Gasteiger partial charge in [-0.3, -0.25) is 9.48 Å². The number of benzene rings is 1. The number of aromatic nitrogens is 2. The van der Waals surface area contributed by atoms with Crippen molar-refractivity contribution < 1.29 is 13.2 Å². The molecule has 2 saturated heterocycles. The Kier molecular flexibility index (Phi) is 6.81. The number of hydrogen-bond donors (Lipinski definition) is 0. The lowest BCUT2D eigenvalue weighted by Crippen LogP contribution is -2.49. The van der Waals surface area contributed by atoms with E-state index in [4.69, 9.17) is 0 Å². The molecule has 0 spiro atoms. The fourth-order valence-electron chi connectivity index (χ4n) is 4.82. The van der Waals surface area contributed by atoms with Crippen molar-refractivity contribution in [2.45, 2.75) is 52.1 Å². The number of likely N-dealkylation sites (tertiary alicyclic amines) is 1. The van der Waals surface area contributed by atoms with Crippen molar-refractivity contribution in [3.05, 3.63) is 41.1 Å². The van der Waals surface area contributed by atoms with Crippen LogP contribution in [0.15, 0.2) is 29.4 Å². The van der Waals surface area contributed by atoms with Gasteiger partial charge in [0.25, 0.3) is 15.9 Å². The molecule has 0 saturated carbocycles. The molecule has 2 aromatic rings. The van der Waals surface area contributed by atoms with Gasteiger partial charge in [-0.25, -0.2) is 8.42 Å². The van der Waals surface area contributed by atoms with E-state index in [1.807, 2.05) is 13.0 Å². The molecule has 2 aliphatic heterocycles. The Morgan fingerprint density at radius 1 is 1.12 bits per heavy atom. The third-order valence-corrected chi connectivity index (χ3v) is 8.80. The van der Waals surface area contributed by atoms with Crippen molar-refractivity contribution in [1.82, 2.24) is 19.0 Å². The minimum Gasteiger partial charge on any atom is -0.369 e. The van der Waals surface area contributed by atoms with Crippen LogP contribution in [-0.2, 0) is 16.6 Å². The van der Waals surface area contributed by atoms with Crippen LogP contribution >= 0.6 is 0 Å². The third kappa shape index (κ3) is 4.66. The number of rotatable bonds is 5. The Balaban J connectivity index is 1.56. The number of sulfonamides is 1. The maximum atomic E-state index is 13.6. The van der Waals surface area contributed by atoms with Crippen molar-refractivity contribution in [3.8, 4) is 0 Å². The van der Waals surface area contributed by atoms with Gasteiger partial charge in [0.2, 0.25) is 5.03 Å². The summed E-state index contributed by atoms with van der Waals surface area (Å²) in [7, 11) is -3.88. The first-order valence-corrected chi connectivity index (χ1v) is 13.3. The maximum Gasteiger partial charge on any atom is 0.263 e. The summed E-state index contributed by atoms with van der Waals surface area (Å²) in [6, 6.07) is 6.22. The lowest BCUT2D eigenvalue weighted by atomic mass is 10.00. The van der Waals surface area contributed by atoms with Gasteiger partial charge >= 0.3 is 0 Å². The van der Waals surface area contributed by atoms with Crippen LogP contribution in [0, 0.1) is 19.8 Å². The summed E-state index contributed by atoms with van der Waals surface area (Å²) >= 11 is 0. The molecule has 0 radical (unpaired) electrons. The lowest BCUT2D eigenvalue weighted by Gasteiger charge is -2.36. The van der Waals surface area contributed by atoms with Gasteiger partial charge < -0.3 is 9.80 Å². The van der Waals surface area contributed by atoms with Crippen LogP contribution in [0.3, 0.4) is 0 Å². The van der Waals surface area contributed by atoms with Crippen molar-refractivity contribution in [2.24, 2.45) is 5.92 Å². The van der Waals surface area contributed by atoms with Crippen LogP contribution in [0.4, 0.5) is 5.69 Å². The molecule has 1 aromatic carbocycles. The van der Waals surface area contributed by atoms with E-state index in [0.717, 1.165) is 18.5 Å². The summed E-state index contributed by atoms with van der Waals surface area (Å²) in [6.07, 6.45) is 3.63. The second-order valence-electron chi connectivity index (χ2n) is 9.31. The van der Waals surface area contributed by atoms with Gasteiger partial charge in [0, 0.05) is 57.7 Å². The highest BCUT2D eigenvalue weighted by atomic mass is 32.2. The highest BCUT2D eigenvalue weighted by Crippen LogP contribution is 2.27. The Bertz CT molecular complexity index is 1120.